The van der Waals surface area contributed by atoms with Gasteiger partial charge >= 0.3 is 0 Å². The summed E-state index contributed by atoms with van der Waals surface area (Å²) in [4.78, 5) is 21.8. The number of likely N-dealkylation sites (tertiary alicyclic amines) is 1. The zero-order chi connectivity index (χ0) is 20.1. The summed E-state index contributed by atoms with van der Waals surface area (Å²) in [5.41, 5.74) is 5.25. The van der Waals surface area contributed by atoms with Crippen LogP contribution in [0.3, 0.4) is 0 Å². The second kappa shape index (κ2) is 6.99. The second-order valence-corrected chi connectivity index (χ2v) is 8.81. The smallest absolute Gasteiger partial charge is 0.227 e. The molecule has 5 rings (SSSR count). The van der Waals surface area contributed by atoms with Crippen molar-refractivity contribution in [1.29, 1.82) is 0 Å². The Morgan fingerprint density at radius 1 is 1.24 bits per heavy atom. The molecule has 5 heteroatoms. The van der Waals surface area contributed by atoms with Crippen molar-refractivity contribution >= 4 is 16.8 Å². The maximum absolute atomic E-state index is 13.3. The Morgan fingerprint density at radius 3 is 2.90 bits per heavy atom. The molecule has 1 amide bonds. The average molecular weight is 389 g/mol. The van der Waals surface area contributed by atoms with Crippen LogP contribution in [0.1, 0.15) is 29.0 Å². The molecule has 0 radical (unpaired) electrons. The second-order valence-electron chi connectivity index (χ2n) is 8.81. The van der Waals surface area contributed by atoms with Gasteiger partial charge in [0.1, 0.15) is 0 Å². The minimum Gasteiger partial charge on any atom is -0.350 e. The highest BCUT2D eigenvalue weighted by atomic mass is 16.2. The Bertz CT molecular complexity index is 1060. The number of hydrogen-bond donors (Lipinski definition) is 0. The zero-order valence-corrected chi connectivity index (χ0v) is 17.4. The van der Waals surface area contributed by atoms with Gasteiger partial charge in [-0.25, -0.2) is 0 Å². The number of carbonyl (C=O) groups excluding carboxylic acids is 1. The maximum atomic E-state index is 13.3. The molecule has 1 unspecified atom stereocenters. The molecule has 0 N–H and O–H groups in total. The van der Waals surface area contributed by atoms with Crippen LogP contribution in [0.5, 0.6) is 0 Å². The molecule has 150 valence electrons. The van der Waals surface area contributed by atoms with Crippen molar-refractivity contribution in [2.24, 2.45) is 13.0 Å². The van der Waals surface area contributed by atoms with E-state index in [9.17, 15) is 4.79 Å². The van der Waals surface area contributed by atoms with Gasteiger partial charge in [-0.1, -0.05) is 18.2 Å². The Morgan fingerprint density at radius 2 is 2.10 bits per heavy atom. The lowest BCUT2D eigenvalue weighted by atomic mass is 9.72. The molecular formula is C24H28N4O. The number of rotatable bonds is 3. The van der Waals surface area contributed by atoms with Crippen LogP contribution in [0.2, 0.25) is 0 Å². The van der Waals surface area contributed by atoms with Gasteiger partial charge in [-0.2, -0.15) is 0 Å². The number of hydrogen-bond acceptors (Lipinski definition) is 3. The number of fused-ring (bicyclic) bond motifs is 2. The molecule has 29 heavy (non-hydrogen) atoms. The van der Waals surface area contributed by atoms with Crippen LogP contribution < -0.4 is 0 Å². The van der Waals surface area contributed by atoms with Crippen LogP contribution in [0.25, 0.3) is 10.9 Å². The van der Waals surface area contributed by atoms with E-state index in [1.54, 1.807) is 6.20 Å². The first kappa shape index (κ1) is 18.4. The SMILES string of the molecule is CN(Cc1cccnc1)C(=O)C1C[C@@H]2c3cccc4c3c(cn4C)C[C@H]2N(C)C1. The quantitative estimate of drug-likeness (QED) is 0.692. The van der Waals surface area contributed by atoms with Crippen LogP contribution in [-0.4, -0.2) is 51.9 Å². The van der Waals surface area contributed by atoms with Crippen molar-refractivity contribution in [3.8, 4) is 0 Å². The predicted octanol–water partition coefficient (Wildman–Crippen LogP) is 3.19. The number of nitrogens with zero attached hydrogens (tertiary/aromatic N) is 4. The minimum absolute atomic E-state index is 0.0310. The summed E-state index contributed by atoms with van der Waals surface area (Å²) in [5, 5.41) is 1.42. The van der Waals surface area contributed by atoms with Crippen molar-refractivity contribution < 1.29 is 4.79 Å². The monoisotopic (exact) mass is 388 g/mol. The van der Waals surface area contributed by atoms with Gasteiger partial charge in [-0.15, -0.1) is 0 Å². The third kappa shape index (κ3) is 3.04. The zero-order valence-electron chi connectivity index (χ0n) is 17.4. The molecule has 3 heterocycles. The molecule has 2 aromatic heterocycles. The largest absolute Gasteiger partial charge is 0.350 e. The van der Waals surface area contributed by atoms with Crippen LogP contribution in [0, 0.1) is 5.92 Å². The summed E-state index contributed by atoms with van der Waals surface area (Å²) in [6.45, 7) is 1.44. The number of likely N-dealkylation sites (N-methyl/N-ethyl adjacent to an activating group) is 1. The molecule has 0 spiro atoms. The lowest BCUT2D eigenvalue weighted by Crippen LogP contribution is -2.51. The van der Waals surface area contributed by atoms with Gasteiger partial charge < -0.3 is 14.4 Å². The van der Waals surface area contributed by atoms with Gasteiger partial charge in [0.15, 0.2) is 0 Å². The van der Waals surface area contributed by atoms with E-state index in [0.29, 0.717) is 18.5 Å². The predicted molar refractivity (Wildman–Crippen MR) is 115 cm³/mol. The Hall–Kier alpha value is -2.66. The van der Waals surface area contributed by atoms with E-state index < -0.39 is 0 Å². The molecular weight excluding hydrogens is 360 g/mol. The number of piperidine rings is 1. The first-order valence-corrected chi connectivity index (χ1v) is 10.4. The molecule has 0 saturated carbocycles. The molecule has 2 aliphatic rings. The lowest BCUT2D eigenvalue weighted by molar-refractivity contribution is -0.137. The number of carbonyl (C=O) groups is 1. The maximum Gasteiger partial charge on any atom is 0.227 e. The van der Waals surface area contributed by atoms with Gasteiger partial charge in [0.05, 0.1) is 5.92 Å². The summed E-state index contributed by atoms with van der Waals surface area (Å²) in [5.74, 6) is 0.682. The Labute approximate surface area is 171 Å². The Kier molecular flexibility index (Phi) is 4.43. The molecule has 3 aromatic rings. The number of aryl methyl sites for hydroxylation is 1. The summed E-state index contributed by atoms with van der Waals surface area (Å²) in [7, 11) is 6.23. The van der Waals surface area contributed by atoms with Gasteiger partial charge in [0, 0.05) is 68.6 Å². The van der Waals surface area contributed by atoms with E-state index in [1.165, 1.54) is 22.0 Å². The molecule has 3 atom stereocenters. The molecule has 1 saturated heterocycles. The van der Waals surface area contributed by atoms with Crippen molar-refractivity contribution in [2.75, 3.05) is 20.6 Å². The van der Waals surface area contributed by atoms with E-state index >= 15 is 0 Å². The summed E-state index contributed by atoms with van der Waals surface area (Å²) in [6.07, 6.45) is 7.90. The average Bonchev–Trinajstić information content (AvgIpc) is 3.05. The molecule has 0 bridgehead atoms. The molecule has 1 fully saturated rings. The number of aromatic nitrogens is 2. The molecule has 1 aliphatic carbocycles. The van der Waals surface area contributed by atoms with E-state index in [0.717, 1.165) is 24.9 Å². The standard InChI is InChI=1S/C24H28N4O/c1-26-14-17-11-22-20(19-7-4-8-21(26)23(17)19)10-18(15-27(22)2)24(29)28(3)13-16-6-5-9-25-12-16/h4-9,12,14,18,20,22H,10-11,13,15H2,1-3H3/t18?,20-,22-/m1/s1. The third-order valence-corrected chi connectivity index (χ3v) is 6.90. The van der Waals surface area contributed by atoms with Crippen molar-refractivity contribution in [3.63, 3.8) is 0 Å². The highest BCUT2D eigenvalue weighted by molar-refractivity contribution is 5.89. The summed E-state index contributed by atoms with van der Waals surface area (Å²) in [6, 6.07) is 11.1. The van der Waals surface area contributed by atoms with Crippen molar-refractivity contribution in [3.05, 3.63) is 65.6 Å². The fourth-order valence-corrected chi connectivity index (χ4v) is 5.55. The Balaban J connectivity index is 1.42. The summed E-state index contributed by atoms with van der Waals surface area (Å²) >= 11 is 0. The first-order chi connectivity index (χ1) is 14.0. The van der Waals surface area contributed by atoms with E-state index in [4.69, 9.17) is 0 Å². The van der Waals surface area contributed by atoms with Crippen LogP contribution >= 0.6 is 0 Å². The highest BCUT2D eigenvalue weighted by Crippen LogP contribution is 2.45. The van der Waals surface area contributed by atoms with Crippen molar-refractivity contribution in [2.45, 2.75) is 31.3 Å². The molecule has 1 aromatic carbocycles. The van der Waals surface area contributed by atoms with Gasteiger partial charge in [-0.05, 0) is 48.7 Å². The first-order valence-electron chi connectivity index (χ1n) is 10.4. The number of amides is 1. The third-order valence-electron chi connectivity index (χ3n) is 6.90. The topological polar surface area (TPSA) is 41.4 Å². The lowest BCUT2D eigenvalue weighted by Gasteiger charge is -2.45. The molecule has 5 nitrogen and oxygen atoms in total. The highest BCUT2D eigenvalue weighted by Gasteiger charge is 2.42. The normalized spacial score (nSPS) is 23.8. The number of pyridine rings is 1. The van der Waals surface area contributed by atoms with Gasteiger partial charge in [0.25, 0.3) is 0 Å². The minimum atomic E-state index is 0.0310. The fourth-order valence-electron chi connectivity index (χ4n) is 5.55. The van der Waals surface area contributed by atoms with Gasteiger partial charge in [-0.3, -0.25) is 9.78 Å². The van der Waals surface area contributed by atoms with Crippen LogP contribution in [0.4, 0.5) is 0 Å². The fraction of sp³-hybridized carbons (Fsp3) is 0.417. The number of benzene rings is 1. The van der Waals surface area contributed by atoms with Crippen LogP contribution in [-0.2, 0) is 24.8 Å². The van der Waals surface area contributed by atoms with E-state index in [2.05, 4.69) is 52.9 Å². The summed E-state index contributed by atoms with van der Waals surface area (Å²) < 4.78 is 2.25. The van der Waals surface area contributed by atoms with Gasteiger partial charge in [0.2, 0.25) is 5.91 Å². The van der Waals surface area contributed by atoms with Crippen LogP contribution in [0.15, 0.2) is 48.9 Å². The van der Waals surface area contributed by atoms with Crippen molar-refractivity contribution in [1.82, 2.24) is 19.4 Å². The van der Waals surface area contributed by atoms with E-state index in [1.807, 2.05) is 30.3 Å². The van der Waals surface area contributed by atoms with E-state index in [-0.39, 0.29) is 11.8 Å². The molecule has 1 aliphatic heterocycles.